The van der Waals surface area contributed by atoms with E-state index < -0.39 is 5.03 Å². The van der Waals surface area contributed by atoms with Crippen molar-refractivity contribution in [2.45, 2.75) is 12.3 Å². The molecule has 1 saturated heterocycles. The molecular weight excluding hydrogens is 210 g/mol. The Hall–Kier alpha value is -1.68. The van der Waals surface area contributed by atoms with Crippen molar-refractivity contribution in [2.24, 2.45) is 4.99 Å². The molecule has 2 aliphatic heterocycles. The second-order valence-electron chi connectivity index (χ2n) is 2.66. The van der Waals surface area contributed by atoms with Gasteiger partial charge in [0.25, 0.3) is 5.96 Å². The van der Waals surface area contributed by atoms with E-state index >= 15 is 0 Å². The van der Waals surface area contributed by atoms with Crippen LogP contribution in [0.15, 0.2) is 4.99 Å². The average Bonchev–Trinajstić information content (AvgIpc) is 2.44. The third-order valence-electron chi connectivity index (χ3n) is 1.69. The van der Waals surface area contributed by atoms with Crippen LogP contribution in [0, 0.1) is 10.1 Å². The summed E-state index contributed by atoms with van der Waals surface area (Å²) in [6.07, 6.45) is -0.602. The lowest BCUT2D eigenvalue weighted by Crippen LogP contribution is -2.66. The van der Waals surface area contributed by atoms with Crippen LogP contribution in [-0.4, -0.2) is 28.4 Å². The number of nitro groups is 1. The number of nitrogens with one attached hydrogen (secondary N) is 5. The zero-order chi connectivity index (χ0) is 10.1. The van der Waals surface area contributed by atoms with Crippen LogP contribution in [0.3, 0.4) is 0 Å². The molecule has 14 heavy (non-hydrogen) atoms. The maximum absolute atomic E-state index is 10.1. The van der Waals surface area contributed by atoms with Crippen molar-refractivity contribution in [3.8, 4) is 0 Å². The van der Waals surface area contributed by atoms with Gasteiger partial charge in [0.15, 0.2) is 16.3 Å². The van der Waals surface area contributed by atoms with Crippen LogP contribution in [0.2, 0.25) is 0 Å². The Bertz CT molecular complexity index is 317. The van der Waals surface area contributed by atoms with E-state index in [1.807, 2.05) is 5.43 Å². The summed E-state index contributed by atoms with van der Waals surface area (Å²) < 4.78 is 0. The minimum atomic E-state index is -0.686. The van der Waals surface area contributed by atoms with Crippen LogP contribution in [0.25, 0.3) is 0 Å². The molecule has 1 fully saturated rings. The SMILES string of the molecule is O=[N+]([O-])NC1=N[C@@H]2NC(=S)NN[C@@H]2N1. The molecular formula is C4H7N7O2S. The molecule has 2 atom stereocenters. The molecule has 0 aromatic carbocycles. The highest BCUT2D eigenvalue weighted by atomic mass is 32.1. The largest absolute Gasteiger partial charge is 0.337 e. The van der Waals surface area contributed by atoms with E-state index in [1.54, 1.807) is 0 Å². The molecule has 0 bridgehead atoms. The van der Waals surface area contributed by atoms with Gasteiger partial charge in [-0.05, 0) is 12.2 Å². The minimum Gasteiger partial charge on any atom is -0.337 e. The zero-order valence-corrected chi connectivity index (χ0v) is 7.59. The Balaban J connectivity index is 2.01. The fourth-order valence-electron chi connectivity index (χ4n) is 1.17. The number of thiocarbonyl (C=S) groups is 1. The number of guanidine groups is 1. The highest BCUT2D eigenvalue weighted by Gasteiger charge is 2.33. The molecule has 0 spiro atoms. The molecule has 0 aliphatic carbocycles. The van der Waals surface area contributed by atoms with Gasteiger partial charge in [0, 0.05) is 0 Å². The number of aliphatic imine (C=N–C) groups is 1. The first-order valence-electron chi connectivity index (χ1n) is 3.72. The third-order valence-corrected chi connectivity index (χ3v) is 1.91. The number of rotatable bonds is 1. The van der Waals surface area contributed by atoms with E-state index in [1.165, 1.54) is 0 Å². The maximum Gasteiger partial charge on any atom is 0.257 e. The lowest BCUT2D eigenvalue weighted by atomic mass is 10.4. The van der Waals surface area contributed by atoms with E-state index in [-0.39, 0.29) is 18.3 Å². The van der Waals surface area contributed by atoms with Gasteiger partial charge >= 0.3 is 0 Å². The van der Waals surface area contributed by atoms with E-state index in [0.717, 1.165) is 0 Å². The summed E-state index contributed by atoms with van der Waals surface area (Å²) in [7, 11) is 0. The van der Waals surface area contributed by atoms with Crippen LogP contribution >= 0.6 is 12.2 Å². The van der Waals surface area contributed by atoms with E-state index in [2.05, 4.69) is 26.5 Å². The first kappa shape index (κ1) is 8.90. The summed E-state index contributed by atoms with van der Waals surface area (Å²) in [5.41, 5.74) is 7.38. The molecule has 2 heterocycles. The molecule has 2 rings (SSSR count). The molecule has 10 heteroatoms. The molecule has 0 amide bonds. The predicted octanol–water partition coefficient (Wildman–Crippen LogP) is -2.64. The summed E-state index contributed by atoms with van der Waals surface area (Å²) in [5, 5.41) is 15.4. The first-order chi connectivity index (χ1) is 6.65. The summed E-state index contributed by atoms with van der Waals surface area (Å²) in [6, 6.07) is 0. The normalized spacial score (nSPS) is 29.1. The average molecular weight is 217 g/mol. The van der Waals surface area contributed by atoms with Crippen LogP contribution in [0.1, 0.15) is 0 Å². The van der Waals surface area contributed by atoms with E-state index in [4.69, 9.17) is 12.2 Å². The molecule has 0 aromatic heterocycles. The molecule has 0 unspecified atom stereocenters. The summed E-state index contributed by atoms with van der Waals surface area (Å²) in [5.74, 6) is 0.0940. The highest BCUT2D eigenvalue weighted by molar-refractivity contribution is 7.80. The Morgan fingerprint density at radius 2 is 2.36 bits per heavy atom. The van der Waals surface area contributed by atoms with Gasteiger partial charge < -0.3 is 10.6 Å². The molecule has 0 saturated carbocycles. The monoisotopic (exact) mass is 217 g/mol. The second kappa shape index (κ2) is 3.23. The minimum absolute atomic E-state index is 0.0940. The molecule has 9 nitrogen and oxygen atoms in total. The maximum atomic E-state index is 10.1. The topological polar surface area (TPSA) is 116 Å². The predicted molar refractivity (Wildman–Crippen MR) is 50.3 cm³/mol. The summed E-state index contributed by atoms with van der Waals surface area (Å²) >= 11 is 4.82. The Morgan fingerprint density at radius 3 is 3.07 bits per heavy atom. The zero-order valence-electron chi connectivity index (χ0n) is 6.77. The first-order valence-corrected chi connectivity index (χ1v) is 4.13. The molecule has 2 aliphatic rings. The molecule has 5 N–H and O–H groups in total. The van der Waals surface area contributed by atoms with Gasteiger partial charge in [-0.3, -0.25) is 5.43 Å². The molecule has 0 radical (unpaired) electrons. The van der Waals surface area contributed by atoms with Crippen LogP contribution in [-0.2, 0) is 0 Å². The van der Waals surface area contributed by atoms with Gasteiger partial charge in [-0.25, -0.2) is 20.5 Å². The Morgan fingerprint density at radius 1 is 1.57 bits per heavy atom. The van der Waals surface area contributed by atoms with E-state index in [0.29, 0.717) is 5.11 Å². The second-order valence-corrected chi connectivity index (χ2v) is 3.06. The quantitative estimate of drug-likeness (QED) is 0.184. The lowest BCUT2D eigenvalue weighted by Gasteiger charge is -2.28. The van der Waals surface area contributed by atoms with Crippen molar-refractivity contribution in [2.75, 3.05) is 0 Å². The molecule has 0 aromatic rings. The third kappa shape index (κ3) is 1.65. The van der Waals surface area contributed by atoms with Gasteiger partial charge in [0.2, 0.25) is 0 Å². The fourth-order valence-corrected chi connectivity index (χ4v) is 1.35. The van der Waals surface area contributed by atoms with Crippen LogP contribution in [0.5, 0.6) is 0 Å². The number of fused-ring (bicyclic) bond motifs is 1. The van der Waals surface area contributed by atoms with Crippen LogP contribution < -0.4 is 26.9 Å². The highest BCUT2D eigenvalue weighted by Crippen LogP contribution is 2.02. The Kier molecular flexibility index (Phi) is 2.05. The van der Waals surface area contributed by atoms with Crippen LogP contribution in [0.4, 0.5) is 0 Å². The van der Waals surface area contributed by atoms with Gasteiger partial charge in [-0.15, -0.1) is 0 Å². The number of hydrogen-bond donors (Lipinski definition) is 5. The number of hydrazine groups is 2. The lowest BCUT2D eigenvalue weighted by molar-refractivity contribution is -0.525. The molecule has 76 valence electrons. The van der Waals surface area contributed by atoms with Crippen molar-refractivity contribution < 1.29 is 5.03 Å². The van der Waals surface area contributed by atoms with Crippen molar-refractivity contribution >= 4 is 23.3 Å². The van der Waals surface area contributed by atoms with Crippen molar-refractivity contribution in [1.29, 1.82) is 0 Å². The summed E-state index contributed by atoms with van der Waals surface area (Å²) in [4.78, 5) is 14.1. The Labute approximate surface area is 83.4 Å². The smallest absolute Gasteiger partial charge is 0.257 e. The van der Waals surface area contributed by atoms with Gasteiger partial charge in [-0.1, -0.05) is 5.43 Å². The number of hydrogen-bond acceptors (Lipinski definition) is 6. The standard InChI is InChI=1S/C4H7N7O2S/c12-11(13)10-3-5-1-2(6-3)8-9-4(14)7-1/h1-2,8H,(H2,5,6,10)(H2,7,9,14)/t1-,2+/m1/s1. The van der Waals surface area contributed by atoms with Gasteiger partial charge in [0.1, 0.15) is 6.17 Å². The van der Waals surface area contributed by atoms with Crippen molar-refractivity contribution in [3.63, 3.8) is 0 Å². The van der Waals surface area contributed by atoms with Crippen molar-refractivity contribution in [1.82, 2.24) is 26.9 Å². The summed E-state index contributed by atoms with van der Waals surface area (Å²) in [6.45, 7) is 0. The fraction of sp³-hybridized carbons (Fsp3) is 0.500. The van der Waals surface area contributed by atoms with Gasteiger partial charge in [-0.2, -0.15) is 0 Å². The number of nitrogens with zero attached hydrogens (tertiary/aromatic N) is 2. The van der Waals surface area contributed by atoms with Gasteiger partial charge in [0.05, 0.1) is 0 Å². The van der Waals surface area contributed by atoms with E-state index in [9.17, 15) is 10.1 Å². The van der Waals surface area contributed by atoms with Crippen molar-refractivity contribution in [3.05, 3.63) is 10.1 Å².